The van der Waals surface area contributed by atoms with Gasteiger partial charge in [0.25, 0.3) is 5.89 Å². The standard InChI is InChI=1S/C15H19N3O2/c1-2-5-13-17-14(20-18-13)10-19-12-8-3-6-11-7-4-9-16-15(11)12/h3,6,8,16H,2,4-5,7,9-10H2,1H3. The minimum absolute atomic E-state index is 0.314. The van der Waals surface area contributed by atoms with E-state index in [-0.39, 0.29) is 0 Å². The maximum absolute atomic E-state index is 5.82. The molecule has 0 bridgehead atoms. The fourth-order valence-corrected chi connectivity index (χ4v) is 2.41. The number of para-hydroxylation sites is 1. The number of nitrogens with one attached hydrogen (secondary N) is 1. The van der Waals surface area contributed by atoms with Crippen molar-refractivity contribution >= 4 is 5.69 Å². The number of nitrogens with zero attached hydrogens (tertiary/aromatic N) is 2. The van der Waals surface area contributed by atoms with Crippen molar-refractivity contribution in [2.24, 2.45) is 0 Å². The van der Waals surface area contributed by atoms with Gasteiger partial charge in [0.1, 0.15) is 5.75 Å². The summed E-state index contributed by atoms with van der Waals surface area (Å²) in [6, 6.07) is 6.14. The van der Waals surface area contributed by atoms with Gasteiger partial charge in [0.05, 0.1) is 5.69 Å². The van der Waals surface area contributed by atoms with Crippen molar-refractivity contribution in [3.63, 3.8) is 0 Å². The van der Waals surface area contributed by atoms with Crippen molar-refractivity contribution in [1.82, 2.24) is 10.1 Å². The minimum atomic E-state index is 0.314. The van der Waals surface area contributed by atoms with Gasteiger partial charge in [-0.05, 0) is 30.9 Å². The Morgan fingerprint density at radius 3 is 3.25 bits per heavy atom. The highest BCUT2D eigenvalue weighted by Crippen LogP contribution is 2.32. The number of fused-ring (bicyclic) bond motifs is 1. The lowest BCUT2D eigenvalue weighted by molar-refractivity contribution is 0.243. The average Bonchev–Trinajstić information content (AvgIpc) is 2.93. The van der Waals surface area contributed by atoms with Crippen LogP contribution in [0.3, 0.4) is 0 Å². The van der Waals surface area contributed by atoms with Crippen LogP contribution in [-0.4, -0.2) is 16.7 Å². The SMILES string of the molecule is CCCc1noc(COc2cccc3c2NCCC3)n1. The van der Waals surface area contributed by atoms with Gasteiger partial charge in [0.2, 0.25) is 0 Å². The van der Waals surface area contributed by atoms with Gasteiger partial charge in [0, 0.05) is 13.0 Å². The Balaban J connectivity index is 1.68. The maximum atomic E-state index is 5.82. The van der Waals surface area contributed by atoms with E-state index in [1.807, 2.05) is 12.1 Å². The molecule has 0 saturated heterocycles. The molecule has 1 aromatic heterocycles. The third kappa shape index (κ3) is 2.76. The summed E-state index contributed by atoms with van der Waals surface area (Å²) < 4.78 is 11.0. The molecule has 0 amide bonds. The highest BCUT2D eigenvalue weighted by Gasteiger charge is 2.14. The molecule has 0 saturated carbocycles. The van der Waals surface area contributed by atoms with Gasteiger partial charge >= 0.3 is 0 Å². The third-order valence-electron chi connectivity index (χ3n) is 3.37. The fourth-order valence-electron chi connectivity index (χ4n) is 2.41. The quantitative estimate of drug-likeness (QED) is 0.907. The molecule has 5 nitrogen and oxygen atoms in total. The van der Waals surface area contributed by atoms with Crippen LogP contribution in [-0.2, 0) is 19.4 Å². The molecule has 106 valence electrons. The first-order valence-electron chi connectivity index (χ1n) is 7.17. The van der Waals surface area contributed by atoms with Crippen LogP contribution in [0.15, 0.2) is 22.7 Å². The van der Waals surface area contributed by atoms with Gasteiger partial charge in [0.15, 0.2) is 12.4 Å². The van der Waals surface area contributed by atoms with E-state index in [1.54, 1.807) is 0 Å². The number of hydrogen-bond acceptors (Lipinski definition) is 5. The number of aryl methyl sites for hydroxylation is 2. The molecule has 2 aromatic rings. The molecule has 0 aliphatic carbocycles. The second-order valence-electron chi connectivity index (χ2n) is 4.96. The maximum Gasteiger partial charge on any atom is 0.264 e. The third-order valence-corrected chi connectivity index (χ3v) is 3.37. The monoisotopic (exact) mass is 273 g/mol. The topological polar surface area (TPSA) is 60.2 Å². The molecule has 20 heavy (non-hydrogen) atoms. The van der Waals surface area contributed by atoms with Crippen LogP contribution in [0.1, 0.15) is 37.0 Å². The Kier molecular flexibility index (Phi) is 3.85. The van der Waals surface area contributed by atoms with Gasteiger partial charge in [-0.25, -0.2) is 0 Å². The number of ether oxygens (including phenoxy) is 1. The van der Waals surface area contributed by atoms with E-state index >= 15 is 0 Å². The summed E-state index contributed by atoms with van der Waals surface area (Å²) >= 11 is 0. The number of rotatable bonds is 5. The van der Waals surface area contributed by atoms with E-state index in [0.717, 1.165) is 43.1 Å². The Labute approximate surface area is 118 Å². The fraction of sp³-hybridized carbons (Fsp3) is 0.467. The summed E-state index contributed by atoms with van der Waals surface area (Å²) in [5.74, 6) is 2.14. The molecule has 1 N–H and O–H groups in total. The lowest BCUT2D eigenvalue weighted by atomic mass is 10.0. The van der Waals surface area contributed by atoms with E-state index in [1.165, 1.54) is 12.0 Å². The summed E-state index contributed by atoms with van der Waals surface area (Å²) in [7, 11) is 0. The molecular weight excluding hydrogens is 254 g/mol. The normalized spacial score (nSPS) is 13.7. The second kappa shape index (κ2) is 5.94. The summed E-state index contributed by atoms with van der Waals surface area (Å²) in [5.41, 5.74) is 2.41. The zero-order valence-electron chi connectivity index (χ0n) is 11.7. The van der Waals surface area contributed by atoms with Crippen molar-refractivity contribution in [2.45, 2.75) is 39.2 Å². The van der Waals surface area contributed by atoms with Gasteiger partial charge in [-0.15, -0.1) is 0 Å². The summed E-state index contributed by atoms with van der Waals surface area (Å²) in [6.45, 7) is 3.40. The van der Waals surface area contributed by atoms with Crippen molar-refractivity contribution in [3.8, 4) is 5.75 Å². The van der Waals surface area contributed by atoms with Gasteiger partial charge in [-0.3, -0.25) is 0 Å². The van der Waals surface area contributed by atoms with Crippen molar-refractivity contribution in [2.75, 3.05) is 11.9 Å². The minimum Gasteiger partial charge on any atom is -0.482 e. The van der Waals surface area contributed by atoms with Crippen LogP contribution in [0.2, 0.25) is 0 Å². The van der Waals surface area contributed by atoms with E-state index in [4.69, 9.17) is 9.26 Å². The van der Waals surface area contributed by atoms with Gasteiger partial charge < -0.3 is 14.6 Å². The molecule has 0 unspecified atom stereocenters. The van der Waals surface area contributed by atoms with Crippen molar-refractivity contribution < 1.29 is 9.26 Å². The molecule has 1 aromatic carbocycles. The van der Waals surface area contributed by atoms with Crippen molar-refractivity contribution in [1.29, 1.82) is 0 Å². The highest BCUT2D eigenvalue weighted by molar-refractivity contribution is 5.63. The number of aromatic nitrogens is 2. The Hall–Kier alpha value is -2.04. The number of anilines is 1. The lowest BCUT2D eigenvalue weighted by Gasteiger charge is -2.20. The first-order valence-corrected chi connectivity index (χ1v) is 7.17. The molecular formula is C15H19N3O2. The molecule has 0 fully saturated rings. The van der Waals surface area contributed by atoms with Crippen LogP contribution >= 0.6 is 0 Å². The zero-order chi connectivity index (χ0) is 13.8. The first kappa shape index (κ1) is 13.0. The molecule has 1 aliphatic rings. The largest absolute Gasteiger partial charge is 0.482 e. The Morgan fingerprint density at radius 1 is 1.40 bits per heavy atom. The molecule has 0 spiro atoms. The molecule has 0 atom stereocenters. The van der Waals surface area contributed by atoms with E-state index in [2.05, 4.69) is 28.4 Å². The molecule has 0 radical (unpaired) electrons. The van der Waals surface area contributed by atoms with Crippen LogP contribution in [0.5, 0.6) is 5.75 Å². The van der Waals surface area contributed by atoms with E-state index < -0.39 is 0 Å². The van der Waals surface area contributed by atoms with Crippen LogP contribution < -0.4 is 10.1 Å². The van der Waals surface area contributed by atoms with E-state index in [0.29, 0.717) is 12.5 Å². The Bertz CT molecular complexity index is 580. The number of hydrogen-bond donors (Lipinski definition) is 1. The smallest absolute Gasteiger partial charge is 0.264 e. The van der Waals surface area contributed by atoms with Crippen LogP contribution in [0.25, 0.3) is 0 Å². The summed E-state index contributed by atoms with van der Waals surface area (Å²) in [5, 5.41) is 7.33. The number of benzene rings is 1. The van der Waals surface area contributed by atoms with Gasteiger partial charge in [-0.1, -0.05) is 24.2 Å². The Morgan fingerprint density at radius 2 is 2.35 bits per heavy atom. The summed E-state index contributed by atoms with van der Waals surface area (Å²) in [4.78, 5) is 4.30. The second-order valence-corrected chi connectivity index (χ2v) is 4.96. The van der Waals surface area contributed by atoms with Crippen molar-refractivity contribution in [3.05, 3.63) is 35.5 Å². The van der Waals surface area contributed by atoms with E-state index in [9.17, 15) is 0 Å². The lowest BCUT2D eigenvalue weighted by Crippen LogP contribution is -2.13. The average molecular weight is 273 g/mol. The first-order chi connectivity index (χ1) is 9.86. The molecule has 1 aliphatic heterocycles. The van der Waals surface area contributed by atoms with Crippen LogP contribution in [0.4, 0.5) is 5.69 Å². The molecule has 5 heteroatoms. The highest BCUT2D eigenvalue weighted by atomic mass is 16.5. The van der Waals surface area contributed by atoms with Crippen LogP contribution in [0, 0.1) is 0 Å². The zero-order valence-corrected chi connectivity index (χ0v) is 11.7. The molecule has 3 rings (SSSR count). The predicted octanol–water partition coefficient (Wildman–Crippen LogP) is 2.96. The predicted molar refractivity (Wildman–Crippen MR) is 75.9 cm³/mol. The molecule has 2 heterocycles. The summed E-state index contributed by atoms with van der Waals surface area (Å²) in [6.07, 6.45) is 4.11. The van der Waals surface area contributed by atoms with Gasteiger partial charge in [-0.2, -0.15) is 4.98 Å².